The lowest BCUT2D eigenvalue weighted by Gasteiger charge is -2.26. The molecule has 0 saturated heterocycles. The summed E-state index contributed by atoms with van der Waals surface area (Å²) in [6.45, 7) is 0.631. The van der Waals surface area contributed by atoms with Gasteiger partial charge in [-0.1, -0.05) is 47.6 Å². The van der Waals surface area contributed by atoms with Crippen LogP contribution < -0.4 is 0 Å². The van der Waals surface area contributed by atoms with Crippen LogP contribution in [0.3, 0.4) is 0 Å². The number of benzene rings is 2. The SMILES string of the molecule is O=C1c2cn(-c3cccnc3)nc2CCN1CC(=NOCc1ccccc1)c1ccc(C(F)(F)F)cc1. The summed E-state index contributed by atoms with van der Waals surface area (Å²) in [5, 5.41) is 8.76. The number of pyridine rings is 1. The minimum atomic E-state index is -4.45. The van der Waals surface area contributed by atoms with Gasteiger partial charge in [-0.15, -0.1) is 0 Å². The third kappa shape index (κ3) is 5.53. The fourth-order valence-corrected chi connectivity index (χ4v) is 4.02. The molecule has 0 N–H and O–H groups in total. The van der Waals surface area contributed by atoms with Crippen LogP contribution in [0.4, 0.5) is 13.2 Å². The van der Waals surface area contributed by atoms with Crippen molar-refractivity contribution in [3.8, 4) is 5.69 Å². The van der Waals surface area contributed by atoms with Crippen LogP contribution in [0.25, 0.3) is 5.69 Å². The van der Waals surface area contributed by atoms with Crippen LogP contribution in [-0.4, -0.2) is 44.4 Å². The number of carbonyl (C=O) groups is 1. The summed E-state index contributed by atoms with van der Waals surface area (Å²) < 4.78 is 40.9. The average Bonchev–Trinajstić information content (AvgIpc) is 3.36. The summed E-state index contributed by atoms with van der Waals surface area (Å²) in [6, 6.07) is 17.7. The zero-order valence-corrected chi connectivity index (χ0v) is 19.6. The van der Waals surface area contributed by atoms with Crippen LogP contribution >= 0.6 is 0 Å². The lowest BCUT2D eigenvalue weighted by molar-refractivity contribution is -0.137. The van der Waals surface area contributed by atoms with Crippen LogP contribution in [0.5, 0.6) is 0 Å². The molecule has 0 atom stereocenters. The normalized spacial score (nSPS) is 14.0. The number of oxime groups is 1. The fraction of sp³-hybridized carbons (Fsp3) is 0.185. The van der Waals surface area contributed by atoms with Crippen molar-refractivity contribution < 1.29 is 22.8 Å². The highest BCUT2D eigenvalue weighted by molar-refractivity contribution is 6.05. The summed E-state index contributed by atoms with van der Waals surface area (Å²) in [4.78, 5) is 24.6. The standard InChI is InChI=1S/C27H22F3N5O2/c28-27(29,30)21-10-8-20(9-11-21)25(33-37-18-19-5-2-1-3-6-19)17-34-14-12-24-23(26(34)36)16-35(32-24)22-7-4-13-31-15-22/h1-11,13,15-16H,12,14,17-18H2. The molecule has 0 spiro atoms. The van der Waals surface area contributed by atoms with Crippen LogP contribution in [0.1, 0.15) is 32.7 Å². The lowest BCUT2D eigenvalue weighted by Crippen LogP contribution is -2.40. The second-order valence-electron chi connectivity index (χ2n) is 8.49. The molecule has 0 aliphatic carbocycles. The van der Waals surface area contributed by atoms with Crippen molar-refractivity contribution in [1.29, 1.82) is 0 Å². The van der Waals surface area contributed by atoms with Crippen molar-refractivity contribution in [2.75, 3.05) is 13.1 Å². The predicted molar refractivity (Wildman–Crippen MR) is 130 cm³/mol. The predicted octanol–water partition coefficient (Wildman–Crippen LogP) is 4.91. The molecule has 0 bridgehead atoms. The summed E-state index contributed by atoms with van der Waals surface area (Å²) in [5.74, 6) is -0.237. The highest BCUT2D eigenvalue weighted by atomic mass is 19.4. The number of hydrogen-bond donors (Lipinski definition) is 0. The van der Waals surface area contributed by atoms with E-state index in [-0.39, 0.29) is 19.1 Å². The maximum atomic E-state index is 13.3. The van der Waals surface area contributed by atoms with E-state index in [2.05, 4.69) is 15.2 Å². The quantitative estimate of drug-likeness (QED) is 0.265. The van der Waals surface area contributed by atoms with Gasteiger partial charge in [0.2, 0.25) is 0 Å². The Morgan fingerprint density at radius 2 is 1.81 bits per heavy atom. The van der Waals surface area contributed by atoms with Gasteiger partial charge in [-0.05, 0) is 29.8 Å². The highest BCUT2D eigenvalue weighted by Gasteiger charge is 2.31. The van der Waals surface area contributed by atoms with Gasteiger partial charge in [0.15, 0.2) is 0 Å². The monoisotopic (exact) mass is 505 g/mol. The molecule has 0 unspecified atom stereocenters. The van der Waals surface area contributed by atoms with Gasteiger partial charge >= 0.3 is 6.18 Å². The molecular weight excluding hydrogens is 483 g/mol. The Kier molecular flexibility index (Phi) is 6.72. The van der Waals surface area contributed by atoms with Crippen molar-refractivity contribution >= 4 is 11.6 Å². The van der Waals surface area contributed by atoms with Gasteiger partial charge in [0.05, 0.1) is 35.2 Å². The summed E-state index contributed by atoms with van der Waals surface area (Å²) in [6.07, 6.45) is 1.05. The summed E-state index contributed by atoms with van der Waals surface area (Å²) >= 11 is 0. The second kappa shape index (κ2) is 10.3. The third-order valence-corrected chi connectivity index (χ3v) is 5.97. The molecule has 188 valence electrons. The average molecular weight is 506 g/mol. The first-order chi connectivity index (χ1) is 17.9. The molecule has 2 aromatic carbocycles. The molecule has 3 heterocycles. The van der Waals surface area contributed by atoms with E-state index >= 15 is 0 Å². The van der Waals surface area contributed by atoms with Crippen molar-refractivity contribution in [3.05, 3.63) is 113 Å². The fourth-order valence-electron chi connectivity index (χ4n) is 4.02. The zero-order valence-electron chi connectivity index (χ0n) is 19.6. The van der Waals surface area contributed by atoms with Gasteiger partial charge < -0.3 is 9.74 Å². The number of fused-ring (bicyclic) bond motifs is 1. The zero-order chi connectivity index (χ0) is 25.8. The van der Waals surface area contributed by atoms with E-state index in [1.807, 2.05) is 36.4 Å². The Bertz CT molecular complexity index is 1400. The Morgan fingerprint density at radius 3 is 2.51 bits per heavy atom. The molecule has 5 rings (SSSR count). The van der Waals surface area contributed by atoms with Gasteiger partial charge in [-0.3, -0.25) is 9.78 Å². The van der Waals surface area contributed by atoms with E-state index < -0.39 is 11.7 Å². The van der Waals surface area contributed by atoms with Crippen molar-refractivity contribution in [3.63, 3.8) is 0 Å². The molecular formula is C27H22F3N5O2. The van der Waals surface area contributed by atoms with E-state index in [4.69, 9.17) is 4.84 Å². The molecule has 1 aliphatic rings. The van der Waals surface area contributed by atoms with Crippen molar-refractivity contribution in [2.45, 2.75) is 19.2 Å². The molecule has 1 aliphatic heterocycles. The molecule has 1 amide bonds. The minimum absolute atomic E-state index is 0.0660. The van der Waals surface area contributed by atoms with E-state index in [0.29, 0.717) is 35.5 Å². The highest BCUT2D eigenvalue weighted by Crippen LogP contribution is 2.29. The molecule has 0 saturated carbocycles. The molecule has 0 radical (unpaired) electrons. The molecule has 10 heteroatoms. The number of nitrogens with zero attached hydrogens (tertiary/aromatic N) is 5. The number of halogens is 3. The van der Waals surface area contributed by atoms with Crippen LogP contribution in [0.15, 0.2) is 90.5 Å². The van der Waals surface area contributed by atoms with Gasteiger partial charge in [-0.2, -0.15) is 18.3 Å². The van der Waals surface area contributed by atoms with Crippen LogP contribution in [0, 0.1) is 0 Å². The van der Waals surface area contributed by atoms with E-state index in [9.17, 15) is 18.0 Å². The lowest BCUT2D eigenvalue weighted by atomic mass is 10.0. The Hall–Kier alpha value is -4.47. The smallest absolute Gasteiger partial charge is 0.391 e. The summed E-state index contributed by atoms with van der Waals surface area (Å²) in [7, 11) is 0. The number of carbonyl (C=O) groups excluding carboxylic acids is 1. The molecule has 2 aromatic heterocycles. The summed E-state index contributed by atoms with van der Waals surface area (Å²) in [5.41, 5.74) is 2.79. The van der Waals surface area contributed by atoms with Gasteiger partial charge in [-0.25, -0.2) is 4.68 Å². The first-order valence-corrected chi connectivity index (χ1v) is 11.6. The number of aromatic nitrogens is 3. The maximum Gasteiger partial charge on any atom is 0.416 e. The van der Waals surface area contributed by atoms with Crippen LogP contribution in [-0.2, 0) is 24.0 Å². The van der Waals surface area contributed by atoms with E-state index in [1.165, 1.54) is 12.1 Å². The van der Waals surface area contributed by atoms with Crippen molar-refractivity contribution in [1.82, 2.24) is 19.7 Å². The van der Waals surface area contributed by atoms with E-state index in [0.717, 1.165) is 23.4 Å². The number of alkyl halides is 3. The Labute approximate surface area is 210 Å². The van der Waals surface area contributed by atoms with Gasteiger partial charge in [0.25, 0.3) is 5.91 Å². The van der Waals surface area contributed by atoms with Crippen molar-refractivity contribution in [2.24, 2.45) is 5.16 Å². The number of rotatable bonds is 7. The first kappa shape index (κ1) is 24.2. The second-order valence-corrected chi connectivity index (χ2v) is 8.49. The molecule has 4 aromatic rings. The largest absolute Gasteiger partial charge is 0.416 e. The van der Waals surface area contributed by atoms with Gasteiger partial charge in [0.1, 0.15) is 12.3 Å². The van der Waals surface area contributed by atoms with E-state index in [1.54, 1.807) is 34.2 Å². The number of amides is 1. The van der Waals surface area contributed by atoms with Crippen LogP contribution in [0.2, 0.25) is 0 Å². The topological polar surface area (TPSA) is 72.6 Å². The Balaban J connectivity index is 1.38. The minimum Gasteiger partial charge on any atom is -0.391 e. The third-order valence-electron chi connectivity index (χ3n) is 5.97. The first-order valence-electron chi connectivity index (χ1n) is 11.6. The van der Waals surface area contributed by atoms with Gasteiger partial charge in [0, 0.05) is 30.9 Å². The maximum absolute atomic E-state index is 13.3. The molecule has 7 nitrogen and oxygen atoms in total. The Morgan fingerprint density at radius 1 is 1.03 bits per heavy atom. The molecule has 37 heavy (non-hydrogen) atoms. The molecule has 0 fully saturated rings. The number of hydrogen-bond acceptors (Lipinski definition) is 5.